The molecular formula is C19H13BrCl2FN3O3. The van der Waals surface area contributed by atoms with Gasteiger partial charge in [-0.3, -0.25) is 14.2 Å². The van der Waals surface area contributed by atoms with Crippen molar-refractivity contribution in [2.24, 2.45) is 14.1 Å². The summed E-state index contributed by atoms with van der Waals surface area (Å²) in [7, 11) is 2.66. The van der Waals surface area contributed by atoms with Crippen LogP contribution in [0.4, 0.5) is 10.1 Å². The molecule has 150 valence electrons. The first-order valence-electron chi connectivity index (χ1n) is 8.13. The lowest BCUT2D eigenvalue weighted by atomic mass is 10.0. The molecule has 0 unspecified atom stereocenters. The second kappa shape index (κ2) is 8.14. The van der Waals surface area contributed by atoms with Crippen molar-refractivity contribution in [3.05, 3.63) is 83.3 Å². The minimum Gasteiger partial charge on any atom is -0.320 e. The standard InChI is InChI=1S/C19H13BrCl2FN3O3/c1-25-8-12(18(28)26(2)19(25)29)17(27)24-14-7-9(23)6-11(16(14)22)10-4-3-5-13(20)15(10)21/h3-8H,1-2H3,(H,24,27). The van der Waals surface area contributed by atoms with Gasteiger partial charge in [0, 0.05) is 35.9 Å². The van der Waals surface area contributed by atoms with Gasteiger partial charge in [-0.25, -0.2) is 9.18 Å². The molecule has 0 spiro atoms. The monoisotopic (exact) mass is 499 g/mol. The fourth-order valence-corrected chi connectivity index (χ4v) is 3.59. The van der Waals surface area contributed by atoms with Crippen molar-refractivity contribution in [1.29, 1.82) is 0 Å². The number of halogens is 4. The molecule has 3 rings (SSSR count). The molecular weight excluding hydrogens is 488 g/mol. The first-order valence-corrected chi connectivity index (χ1v) is 9.68. The molecule has 0 saturated heterocycles. The molecule has 1 N–H and O–H groups in total. The van der Waals surface area contributed by atoms with Gasteiger partial charge < -0.3 is 9.88 Å². The van der Waals surface area contributed by atoms with Crippen molar-refractivity contribution in [3.8, 4) is 11.1 Å². The molecule has 10 heteroatoms. The van der Waals surface area contributed by atoms with Gasteiger partial charge in [-0.1, -0.05) is 35.3 Å². The molecule has 0 atom stereocenters. The molecule has 1 heterocycles. The van der Waals surface area contributed by atoms with Crippen molar-refractivity contribution in [2.75, 3.05) is 5.32 Å². The van der Waals surface area contributed by atoms with Gasteiger partial charge in [0.15, 0.2) is 0 Å². The van der Waals surface area contributed by atoms with E-state index >= 15 is 0 Å². The van der Waals surface area contributed by atoms with E-state index in [2.05, 4.69) is 21.2 Å². The average Bonchev–Trinajstić information content (AvgIpc) is 2.67. The Labute approximate surface area is 182 Å². The Morgan fingerprint density at radius 2 is 1.79 bits per heavy atom. The number of hydrogen-bond acceptors (Lipinski definition) is 3. The topological polar surface area (TPSA) is 73.1 Å². The number of carbonyl (C=O) groups excluding carboxylic acids is 1. The van der Waals surface area contributed by atoms with Gasteiger partial charge >= 0.3 is 5.69 Å². The first kappa shape index (κ1) is 21.3. The number of rotatable bonds is 3. The Bertz CT molecular complexity index is 1270. The first-order chi connectivity index (χ1) is 13.6. The Balaban J connectivity index is 2.09. The van der Waals surface area contributed by atoms with Gasteiger partial charge in [0.1, 0.15) is 11.4 Å². The van der Waals surface area contributed by atoms with Crippen LogP contribution in [0.2, 0.25) is 10.0 Å². The molecule has 1 amide bonds. The van der Waals surface area contributed by atoms with Gasteiger partial charge in [-0.2, -0.15) is 0 Å². The van der Waals surface area contributed by atoms with E-state index in [9.17, 15) is 18.8 Å². The van der Waals surface area contributed by atoms with E-state index in [1.165, 1.54) is 20.2 Å². The minimum absolute atomic E-state index is 0.0429. The highest BCUT2D eigenvalue weighted by Gasteiger charge is 2.19. The average molecular weight is 501 g/mol. The van der Waals surface area contributed by atoms with Crippen LogP contribution in [0, 0.1) is 5.82 Å². The number of amides is 1. The summed E-state index contributed by atoms with van der Waals surface area (Å²) in [6, 6.07) is 7.30. The number of aryl methyl sites for hydroxylation is 1. The van der Waals surface area contributed by atoms with E-state index in [0.717, 1.165) is 21.4 Å². The summed E-state index contributed by atoms with van der Waals surface area (Å²) in [5.41, 5.74) is -0.980. The number of anilines is 1. The van der Waals surface area contributed by atoms with Gasteiger partial charge in [0.2, 0.25) is 0 Å². The maximum Gasteiger partial charge on any atom is 0.330 e. The smallest absolute Gasteiger partial charge is 0.320 e. The second-order valence-electron chi connectivity index (χ2n) is 6.17. The maximum absolute atomic E-state index is 14.3. The lowest BCUT2D eigenvalue weighted by Crippen LogP contribution is -2.40. The number of nitrogens with zero attached hydrogens (tertiary/aromatic N) is 2. The van der Waals surface area contributed by atoms with Crippen LogP contribution in [0.15, 0.2) is 50.6 Å². The number of nitrogens with one attached hydrogen (secondary N) is 1. The summed E-state index contributed by atoms with van der Waals surface area (Å²) in [6.45, 7) is 0. The van der Waals surface area contributed by atoms with Crippen molar-refractivity contribution in [3.63, 3.8) is 0 Å². The highest BCUT2D eigenvalue weighted by molar-refractivity contribution is 9.10. The Morgan fingerprint density at radius 1 is 1.10 bits per heavy atom. The lowest BCUT2D eigenvalue weighted by molar-refractivity contribution is 0.102. The van der Waals surface area contributed by atoms with E-state index in [0.29, 0.717) is 15.1 Å². The lowest BCUT2D eigenvalue weighted by Gasteiger charge is -2.14. The third-order valence-corrected chi connectivity index (χ3v) is 5.92. The summed E-state index contributed by atoms with van der Waals surface area (Å²) in [5, 5.41) is 2.80. The molecule has 0 saturated carbocycles. The molecule has 3 aromatic rings. The van der Waals surface area contributed by atoms with Gasteiger partial charge in [-0.15, -0.1) is 0 Å². The Hall–Kier alpha value is -2.42. The van der Waals surface area contributed by atoms with E-state index in [-0.39, 0.29) is 21.8 Å². The summed E-state index contributed by atoms with van der Waals surface area (Å²) in [6.07, 6.45) is 1.11. The molecule has 0 bridgehead atoms. The zero-order valence-electron chi connectivity index (χ0n) is 15.1. The Kier molecular flexibility index (Phi) is 5.97. The van der Waals surface area contributed by atoms with Crippen LogP contribution < -0.4 is 16.6 Å². The zero-order chi connectivity index (χ0) is 21.5. The molecule has 0 aliphatic heterocycles. The Morgan fingerprint density at radius 3 is 2.48 bits per heavy atom. The van der Waals surface area contributed by atoms with Crippen LogP contribution in [0.5, 0.6) is 0 Å². The molecule has 2 aromatic carbocycles. The summed E-state index contributed by atoms with van der Waals surface area (Å²) in [5.74, 6) is -1.50. The molecule has 0 radical (unpaired) electrons. The van der Waals surface area contributed by atoms with E-state index in [1.807, 2.05) is 0 Å². The van der Waals surface area contributed by atoms with Gasteiger partial charge in [-0.05, 0) is 34.1 Å². The van der Waals surface area contributed by atoms with Crippen LogP contribution in [0.3, 0.4) is 0 Å². The predicted molar refractivity (Wildman–Crippen MR) is 114 cm³/mol. The van der Waals surface area contributed by atoms with Crippen LogP contribution in [0.25, 0.3) is 11.1 Å². The van der Waals surface area contributed by atoms with Gasteiger partial charge in [0.05, 0.1) is 15.7 Å². The number of carbonyl (C=O) groups is 1. The summed E-state index contributed by atoms with van der Waals surface area (Å²) in [4.78, 5) is 36.7. The van der Waals surface area contributed by atoms with Gasteiger partial charge in [0.25, 0.3) is 11.5 Å². The number of benzene rings is 2. The molecule has 0 aliphatic carbocycles. The number of aromatic nitrogens is 2. The van der Waals surface area contributed by atoms with E-state index in [4.69, 9.17) is 23.2 Å². The molecule has 6 nitrogen and oxygen atoms in total. The van der Waals surface area contributed by atoms with Crippen LogP contribution in [-0.2, 0) is 14.1 Å². The highest BCUT2D eigenvalue weighted by Crippen LogP contribution is 2.40. The van der Waals surface area contributed by atoms with Crippen molar-refractivity contribution < 1.29 is 9.18 Å². The summed E-state index contributed by atoms with van der Waals surface area (Å²) < 4.78 is 16.8. The predicted octanol–water partition coefficient (Wildman–Crippen LogP) is 4.21. The largest absolute Gasteiger partial charge is 0.330 e. The highest BCUT2D eigenvalue weighted by atomic mass is 79.9. The fraction of sp³-hybridized carbons (Fsp3) is 0.105. The van der Waals surface area contributed by atoms with Crippen LogP contribution in [-0.4, -0.2) is 15.0 Å². The molecule has 0 aliphatic rings. The summed E-state index contributed by atoms with van der Waals surface area (Å²) >= 11 is 16.0. The zero-order valence-corrected chi connectivity index (χ0v) is 18.2. The third-order valence-electron chi connectivity index (χ3n) is 4.22. The van der Waals surface area contributed by atoms with Crippen molar-refractivity contribution in [1.82, 2.24) is 9.13 Å². The van der Waals surface area contributed by atoms with Crippen molar-refractivity contribution in [2.45, 2.75) is 0 Å². The van der Waals surface area contributed by atoms with Crippen molar-refractivity contribution >= 4 is 50.7 Å². The SMILES string of the molecule is Cn1cc(C(=O)Nc2cc(F)cc(-c3cccc(Br)c3Cl)c2Cl)c(=O)n(C)c1=O. The van der Waals surface area contributed by atoms with Crippen LogP contribution in [0.1, 0.15) is 10.4 Å². The molecule has 0 fully saturated rings. The van der Waals surface area contributed by atoms with Crippen LogP contribution >= 0.6 is 39.1 Å². The number of hydrogen-bond donors (Lipinski definition) is 1. The normalized spacial score (nSPS) is 10.8. The fourth-order valence-electron chi connectivity index (χ4n) is 2.74. The molecule has 1 aromatic heterocycles. The quantitative estimate of drug-likeness (QED) is 0.585. The van der Waals surface area contributed by atoms with E-state index < -0.39 is 23.0 Å². The maximum atomic E-state index is 14.3. The molecule has 29 heavy (non-hydrogen) atoms. The van der Waals surface area contributed by atoms with E-state index in [1.54, 1.807) is 18.2 Å². The third kappa shape index (κ3) is 4.01. The second-order valence-corrected chi connectivity index (χ2v) is 7.78. The minimum atomic E-state index is -0.833.